The van der Waals surface area contributed by atoms with Gasteiger partial charge in [0.15, 0.2) is 0 Å². The summed E-state index contributed by atoms with van der Waals surface area (Å²) in [5.41, 5.74) is 6.31. The van der Waals surface area contributed by atoms with E-state index in [-0.39, 0.29) is 22.8 Å². The molecule has 2 heterocycles. The number of ether oxygens (including phenoxy) is 1. The number of aromatic amines is 1. The number of carbonyl (C=O) groups is 2. The summed E-state index contributed by atoms with van der Waals surface area (Å²) in [5, 5.41) is 22.2. The molecule has 3 amide bonds. The van der Waals surface area contributed by atoms with Gasteiger partial charge < -0.3 is 35.7 Å². The first-order valence-electron chi connectivity index (χ1n) is 16.9. The highest BCUT2D eigenvalue weighted by Gasteiger charge is 2.23. The Morgan fingerprint density at radius 1 is 0.880 bits per heavy atom. The monoisotopic (exact) mass is 694 g/mol. The van der Waals surface area contributed by atoms with Gasteiger partial charge in [-0.1, -0.05) is 90.2 Å². The Bertz CT molecular complexity index is 1950. The number of amides is 3. The van der Waals surface area contributed by atoms with Gasteiger partial charge in [-0.2, -0.15) is 0 Å². The molecule has 0 radical (unpaired) electrons. The van der Waals surface area contributed by atoms with E-state index in [2.05, 4.69) is 37.2 Å². The Morgan fingerprint density at radius 3 is 2.46 bits per heavy atom. The SMILES string of the molecule is O=C(NCCN1CCC(OC(=O)Nc2ccccc2-c2ccccc2)CC1)NCc1cccc(CNCCc2ccc(O)c3[nH]c(=O)sc23)c1. The number of aromatic hydroxyl groups is 1. The number of nitrogens with one attached hydrogen (secondary N) is 5. The summed E-state index contributed by atoms with van der Waals surface area (Å²) in [5.74, 6) is 0.0850. The van der Waals surface area contributed by atoms with Gasteiger partial charge in [0.25, 0.3) is 0 Å². The molecule has 0 bridgehead atoms. The first-order chi connectivity index (χ1) is 24.4. The molecule has 260 valence electrons. The molecule has 50 heavy (non-hydrogen) atoms. The van der Waals surface area contributed by atoms with Gasteiger partial charge in [0.1, 0.15) is 17.4 Å². The van der Waals surface area contributed by atoms with E-state index in [1.165, 1.54) is 0 Å². The number of fused-ring (bicyclic) bond motifs is 1. The summed E-state index contributed by atoms with van der Waals surface area (Å²) in [6, 6.07) is 29.0. The third-order valence-electron chi connectivity index (χ3n) is 8.75. The van der Waals surface area contributed by atoms with E-state index >= 15 is 0 Å². The van der Waals surface area contributed by atoms with E-state index in [9.17, 15) is 19.5 Å². The van der Waals surface area contributed by atoms with Gasteiger partial charge in [0.05, 0.1) is 10.4 Å². The molecule has 11 nitrogen and oxygen atoms in total. The van der Waals surface area contributed by atoms with Crippen molar-refractivity contribution in [3.8, 4) is 16.9 Å². The number of piperidine rings is 1. The van der Waals surface area contributed by atoms with Crippen LogP contribution in [0.5, 0.6) is 5.75 Å². The van der Waals surface area contributed by atoms with Crippen LogP contribution in [0.3, 0.4) is 0 Å². The lowest BCUT2D eigenvalue weighted by molar-refractivity contribution is 0.0594. The van der Waals surface area contributed by atoms with Gasteiger partial charge in [0.2, 0.25) is 0 Å². The van der Waals surface area contributed by atoms with Crippen molar-refractivity contribution in [1.82, 2.24) is 25.8 Å². The second-order valence-electron chi connectivity index (χ2n) is 12.3. The summed E-state index contributed by atoms with van der Waals surface area (Å²) in [6.45, 7) is 4.60. The van der Waals surface area contributed by atoms with Gasteiger partial charge in [-0.3, -0.25) is 10.1 Å². The number of anilines is 1. The van der Waals surface area contributed by atoms with Crippen LogP contribution in [0, 0.1) is 0 Å². The van der Waals surface area contributed by atoms with E-state index in [4.69, 9.17) is 4.74 Å². The van der Waals surface area contributed by atoms with Crippen LogP contribution in [0.25, 0.3) is 21.3 Å². The fraction of sp³-hybridized carbons (Fsp3) is 0.289. The third kappa shape index (κ3) is 9.50. The van der Waals surface area contributed by atoms with Crippen LogP contribution in [-0.4, -0.2) is 65.9 Å². The van der Waals surface area contributed by atoms with Crippen molar-refractivity contribution in [3.05, 3.63) is 117 Å². The van der Waals surface area contributed by atoms with Crippen molar-refractivity contribution in [1.29, 1.82) is 0 Å². The molecule has 0 atom stereocenters. The molecule has 0 saturated carbocycles. The first-order valence-corrected chi connectivity index (χ1v) is 17.7. The van der Waals surface area contributed by atoms with Crippen LogP contribution in [0.15, 0.2) is 95.8 Å². The summed E-state index contributed by atoms with van der Waals surface area (Å²) < 4.78 is 6.54. The molecule has 1 saturated heterocycles. The predicted molar refractivity (Wildman–Crippen MR) is 198 cm³/mol. The molecule has 0 aliphatic carbocycles. The number of thiazole rings is 1. The predicted octanol–water partition coefficient (Wildman–Crippen LogP) is 5.81. The van der Waals surface area contributed by atoms with Crippen LogP contribution in [0.1, 0.15) is 29.5 Å². The molecule has 1 aliphatic rings. The number of carbonyl (C=O) groups excluding carboxylic acids is 2. The van der Waals surface area contributed by atoms with Crippen molar-refractivity contribution in [3.63, 3.8) is 0 Å². The Labute approximate surface area is 294 Å². The van der Waals surface area contributed by atoms with E-state index in [1.807, 2.05) is 78.9 Å². The molecule has 1 aromatic heterocycles. The number of urea groups is 1. The quantitative estimate of drug-likeness (QED) is 0.0854. The van der Waals surface area contributed by atoms with E-state index in [1.54, 1.807) is 6.07 Å². The summed E-state index contributed by atoms with van der Waals surface area (Å²) in [4.78, 5) is 41.7. The molecule has 0 unspecified atom stereocenters. The molecule has 6 rings (SSSR count). The zero-order chi connectivity index (χ0) is 34.7. The molecule has 6 N–H and O–H groups in total. The van der Waals surface area contributed by atoms with Crippen LogP contribution < -0.4 is 26.1 Å². The fourth-order valence-electron chi connectivity index (χ4n) is 6.15. The standard InChI is InChI=1S/C38H42N6O5S/c45-33-14-13-29(35-34(33)43-38(48)50-35)15-18-39-24-26-7-6-8-27(23-26)25-41-36(46)40-19-22-44-20-16-30(17-21-44)49-37(47)42-32-12-5-4-11-31(32)28-9-2-1-3-10-28/h1-14,23,30,39,45H,15-22,24-25H2,(H,42,47)(H,43,48)(H2,40,41,46). The number of nitrogens with zero attached hydrogens (tertiary/aromatic N) is 1. The molecule has 4 aromatic carbocycles. The number of para-hydroxylation sites is 1. The molecule has 12 heteroatoms. The molecule has 1 fully saturated rings. The van der Waals surface area contributed by atoms with E-state index < -0.39 is 6.09 Å². The van der Waals surface area contributed by atoms with Crippen LogP contribution in [0.4, 0.5) is 15.3 Å². The maximum Gasteiger partial charge on any atom is 0.411 e. The number of benzene rings is 4. The minimum atomic E-state index is -0.447. The summed E-state index contributed by atoms with van der Waals surface area (Å²) in [6.07, 6.45) is 1.60. The normalized spacial score (nSPS) is 13.6. The van der Waals surface area contributed by atoms with Crippen molar-refractivity contribution >= 4 is 39.4 Å². The van der Waals surface area contributed by atoms with E-state index in [0.717, 1.165) is 88.4 Å². The second kappa shape index (κ2) is 17.0. The number of H-pyrrole nitrogens is 1. The number of likely N-dealkylation sites (tertiary alicyclic amines) is 1. The van der Waals surface area contributed by atoms with Crippen molar-refractivity contribution in [2.45, 2.75) is 38.5 Å². The highest BCUT2D eigenvalue weighted by Crippen LogP contribution is 2.29. The average molecular weight is 695 g/mol. The highest BCUT2D eigenvalue weighted by molar-refractivity contribution is 7.16. The van der Waals surface area contributed by atoms with Gasteiger partial charge in [-0.25, -0.2) is 9.59 Å². The van der Waals surface area contributed by atoms with Crippen LogP contribution in [-0.2, 0) is 24.2 Å². The largest absolute Gasteiger partial charge is 0.506 e. The Kier molecular flexibility index (Phi) is 11.8. The van der Waals surface area contributed by atoms with Crippen LogP contribution in [0.2, 0.25) is 0 Å². The van der Waals surface area contributed by atoms with Gasteiger partial charge >= 0.3 is 17.0 Å². The van der Waals surface area contributed by atoms with Gasteiger partial charge in [-0.05, 0) is 60.2 Å². The van der Waals surface area contributed by atoms with E-state index in [0.29, 0.717) is 31.7 Å². The number of aromatic nitrogens is 1. The number of phenolic OH excluding ortho intramolecular Hbond substituents is 1. The molecular weight excluding hydrogens is 653 g/mol. The number of hydrogen-bond acceptors (Lipinski definition) is 8. The van der Waals surface area contributed by atoms with Gasteiger partial charge in [-0.15, -0.1) is 0 Å². The zero-order valence-electron chi connectivity index (χ0n) is 27.7. The third-order valence-corrected chi connectivity index (χ3v) is 9.71. The maximum absolute atomic E-state index is 12.7. The molecule has 1 aliphatic heterocycles. The number of hydrogen-bond donors (Lipinski definition) is 6. The lowest BCUT2D eigenvalue weighted by Gasteiger charge is -2.31. The van der Waals surface area contributed by atoms with Crippen molar-refractivity contribution < 1.29 is 19.4 Å². The van der Waals surface area contributed by atoms with Crippen molar-refractivity contribution in [2.75, 3.05) is 38.0 Å². The minimum absolute atomic E-state index is 0.0850. The maximum atomic E-state index is 12.7. The topological polar surface area (TPSA) is 148 Å². The first kappa shape index (κ1) is 34.7. The fourth-order valence-corrected chi connectivity index (χ4v) is 7.05. The smallest absolute Gasteiger partial charge is 0.411 e. The Hall–Kier alpha value is -5.17. The number of phenols is 1. The Balaban J connectivity index is 0.849. The molecular formula is C38H42N6O5S. The second-order valence-corrected chi connectivity index (χ2v) is 13.3. The lowest BCUT2D eigenvalue weighted by Crippen LogP contribution is -2.44. The average Bonchev–Trinajstić information content (AvgIpc) is 3.54. The zero-order valence-corrected chi connectivity index (χ0v) is 28.6. The lowest BCUT2D eigenvalue weighted by atomic mass is 10.0. The van der Waals surface area contributed by atoms with Crippen LogP contribution >= 0.6 is 11.3 Å². The summed E-state index contributed by atoms with van der Waals surface area (Å²) >= 11 is 1.11. The highest BCUT2D eigenvalue weighted by atomic mass is 32.1. The Morgan fingerprint density at radius 2 is 1.64 bits per heavy atom. The minimum Gasteiger partial charge on any atom is -0.506 e. The number of rotatable bonds is 13. The molecule has 5 aromatic rings. The molecule has 0 spiro atoms. The summed E-state index contributed by atoms with van der Waals surface area (Å²) in [7, 11) is 0. The van der Waals surface area contributed by atoms with Crippen molar-refractivity contribution in [2.24, 2.45) is 0 Å². The van der Waals surface area contributed by atoms with Gasteiger partial charge in [0, 0.05) is 44.8 Å².